The first kappa shape index (κ1) is 16.9. The molecule has 25 heavy (non-hydrogen) atoms. The molecule has 0 aromatic carbocycles. The second-order valence-electron chi connectivity index (χ2n) is 6.45. The number of nitrogens with zero attached hydrogens (tertiary/aromatic N) is 4. The molecule has 1 aliphatic rings. The summed E-state index contributed by atoms with van der Waals surface area (Å²) < 4.78 is 1.82. The van der Waals surface area contributed by atoms with Gasteiger partial charge in [-0.2, -0.15) is 5.10 Å². The maximum atomic E-state index is 12.5. The number of rotatable bonds is 5. The van der Waals surface area contributed by atoms with Gasteiger partial charge in [-0.25, -0.2) is 0 Å². The maximum absolute atomic E-state index is 12.5. The highest BCUT2D eigenvalue weighted by Gasteiger charge is 2.25. The van der Waals surface area contributed by atoms with E-state index < -0.39 is 5.91 Å². The fourth-order valence-electron chi connectivity index (χ4n) is 3.16. The average Bonchev–Trinajstić information content (AvgIpc) is 3.03. The highest BCUT2D eigenvalue weighted by Crippen LogP contribution is 2.23. The van der Waals surface area contributed by atoms with E-state index in [0.29, 0.717) is 24.1 Å². The number of hydrogen-bond acceptors (Lipinski definition) is 5. The maximum Gasteiger partial charge on any atom is 0.254 e. The number of pyridine rings is 1. The van der Waals surface area contributed by atoms with Crippen LogP contribution in [-0.4, -0.2) is 47.2 Å². The number of carbonyl (C=O) groups is 2. The summed E-state index contributed by atoms with van der Waals surface area (Å²) >= 11 is 0. The number of amides is 2. The summed E-state index contributed by atoms with van der Waals surface area (Å²) in [5.41, 5.74) is 8.09. The smallest absolute Gasteiger partial charge is 0.254 e. The Hall–Kier alpha value is -2.90. The molecule has 3 N–H and O–H groups in total. The van der Waals surface area contributed by atoms with E-state index in [0.717, 1.165) is 24.3 Å². The van der Waals surface area contributed by atoms with Gasteiger partial charge in [-0.1, -0.05) is 0 Å². The van der Waals surface area contributed by atoms with Gasteiger partial charge in [0.15, 0.2) is 0 Å². The number of primary amides is 1. The van der Waals surface area contributed by atoms with Crippen LogP contribution in [-0.2, 0) is 13.0 Å². The third-order valence-electron chi connectivity index (χ3n) is 4.52. The van der Waals surface area contributed by atoms with Crippen molar-refractivity contribution in [1.29, 1.82) is 0 Å². The van der Waals surface area contributed by atoms with Gasteiger partial charge in [-0.3, -0.25) is 19.3 Å². The number of fused-ring (bicyclic) bond motifs is 1. The van der Waals surface area contributed by atoms with Crippen LogP contribution < -0.4 is 16.0 Å². The Bertz CT molecular complexity index is 798. The van der Waals surface area contributed by atoms with Crippen molar-refractivity contribution in [3.8, 4) is 0 Å². The Morgan fingerprint density at radius 3 is 2.88 bits per heavy atom. The zero-order chi connectivity index (χ0) is 18.0. The zero-order valence-electron chi connectivity index (χ0n) is 14.4. The fourth-order valence-corrected chi connectivity index (χ4v) is 3.16. The van der Waals surface area contributed by atoms with Crippen LogP contribution in [0.4, 0.5) is 5.69 Å². The number of anilines is 1. The zero-order valence-corrected chi connectivity index (χ0v) is 14.4. The molecule has 2 aromatic rings. The molecule has 0 radical (unpaired) electrons. The topological polar surface area (TPSA) is 106 Å². The molecule has 0 aliphatic carbocycles. The van der Waals surface area contributed by atoms with Gasteiger partial charge in [0, 0.05) is 39.6 Å². The van der Waals surface area contributed by atoms with Gasteiger partial charge in [0.1, 0.15) is 0 Å². The highest BCUT2D eigenvalue weighted by molar-refractivity contribution is 5.99. The van der Waals surface area contributed by atoms with E-state index in [4.69, 9.17) is 5.73 Å². The highest BCUT2D eigenvalue weighted by atomic mass is 16.2. The second kappa shape index (κ2) is 6.92. The molecule has 0 saturated heterocycles. The summed E-state index contributed by atoms with van der Waals surface area (Å²) in [5, 5.41) is 7.19. The first-order chi connectivity index (χ1) is 12.0. The SMILES string of the molecule is CN(C)c1ccncc1C(=O)NCC1CCn2ncc(C(N)=O)c2C1. The summed E-state index contributed by atoms with van der Waals surface area (Å²) in [7, 11) is 3.78. The molecule has 3 rings (SSSR count). The van der Waals surface area contributed by atoms with Crippen LogP contribution in [0, 0.1) is 5.92 Å². The van der Waals surface area contributed by atoms with Gasteiger partial charge in [0.25, 0.3) is 11.8 Å². The molecule has 132 valence electrons. The van der Waals surface area contributed by atoms with E-state index in [2.05, 4.69) is 15.4 Å². The minimum atomic E-state index is -0.461. The van der Waals surface area contributed by atoms with Crippen molar-refractivity contribution in [3.05, 3.63) is 41.5 Å². The quantitative estimate of drug-likeness (QED) is 0.820. The minimum absolute atomic E-state index is 0.147. The molecule has 1 unspecified atom stereocenters. The molecule has 1 atom stereocenters. The summed E-state index contributed by atoms with van der Waals surface area (Å²) in [6, 6.07) is 1.81. The lowest BCUT2D eigenvalue weighted by Crippen LogP contribution is -2.34. The van der Waals surface area contributed by atoms with Gasteiger partial charge < -0.3 is 16.0 Å². The van der Waals surface area contributed by atoms with E-state index in [1.165, 1.54) is 6.20 Å². The van der Waals surface area contributed by atoms with E-state index in [1.807, 2.05) is 29.7 Å². The van der Waals surface area contributed by atoms with Gasteiger partial charge in [-0.15, -0.1) is 0 Å². The Morgan fingerprint density at radius 2 is 2.16 bits per heavy atom. The number of aromatic nitrogens is 3. The van der Waals surface area contributed by atoms with Crippen molar-refractivity contribution in [2.24, 2.45) is 11.7 Å². The third-order valence-corrected chi connectivity index (χ3v) is 4.52. The van der Waals surface area contributed by atoms with Gasteiger partial charge in [0.2, 0.25) is 0 Å². The first-order valence-corrected chi connectivity index (χ1v) is 8.21. The molecule has 8 heteroatoms. The third kappa shape index (κ3) is 3.47. The second-order valence-corrected chi connectivity index (χ2v) is 6.45. The van der Waals surface area contributed by atoms with Crippen LogP contribution in [0.3, 0.4) is 0 Å². The number of hydrogen-bond donors (Lipinski definition) is 2. The summed E-state index contributed by atoms with van der Waals surface area (Å²) in [6.07, 6.45) is 6.33. The standard InChI is InChI=1S/C17H22N6O2/c1-22(2)14-3-5-19-9-13(14)17(25)20-8-11-4-6-23-15(7-11)12(10-21-23)16(18)24/h3,5,9-11H,4,6-8H2,1-2H3,(H2,18,24)(H,20,25). The average molecular weight is 342 g/mol. The van der Waals surface area contributed by atoms with Crippen LogP contribution >= 0.6 is 0 Å². The molecule has 2 aromatic heterocycles. The predicted octanol–water partition coefficient (Wildman–Crippen LogP) is 0.435. The van der Waals surface area contributed by atoms with Crippen molar-refractivity contribution in [2.75, 3.05) is 25.5 Å². The minimum Gasteiger partial charge on any atom is -0.377 e. The monoisotopic (exact) mass is 342 g/mol. The molecule has 3 heterocycles. The van der Waals surface area contributed by atoms with Crippen LogP contribution in [0.1, 0.15) is 32.8 Å². The van der Waals surface area contributed by atoms with E-state index in [-0.39, 0.29) is 11.8 Å². The molecule has 1 aliphatic heterocycles. The lowest BCUT2D eigenvalue weighted by atomic mass is 9.94. The fraction of sp³-hybridized carbons (Fsp3) is 0.412. The molecule has 0 bridgehead atoms. The Labute approximate surface area is 146 Å². The van der Waals surface area contributed by atoms with Crippen LogP contribution in [0.25, 0.3) is 0 Å². The molecule has 0 spiro atoms. The number of aryl methyl sites for hydroxylation is 1. The molecule has 8 nitrogen and oxygen atoms in total. The normalized spacial score (nSPS) is 16.2. The molecule has 2 amide bonds. The predicted molar refractivity (Wildman–Crippen MR) is 93.5 cm³/mol. The molecule has 0 saturated carbocycles. The van der Waals surface area contributed by atoms with Crippen molar-refractivity contribution < 1.29 is 9.59 Å². The Morgan fingerprint density at radius 1 is 1.36 bits per heavy atom. The number of carbonyl (C=O) groups excluding carboxylic acids is 2. The summed E-state index contributed by atoms with van der Waals surface area (Å²) in [5.74, 6) is -0.367. The Balaban J connectivity index is 1.66. The lowest BCUT2D eigenvalue weighted by Gasteiger charge is -2.24. The van der Waals surface area contributed by atoms with Crippen molar-refractivity contribution in [2.45, 2.75) is 19.4 Å². The van der Waals surface area contributed by atoms with Gasteiger partial charge in [-0.05, 0) is 24.8 Å². The van der Waals surface area contributed by atoms with Gasteiger partial charge in [0.05, 0.1) is 28.7 Å². The van der Waals surface area contributed by atoms with E-state index in [9.17, 15) is 9.59 Å². The number of nitrogens with one attached hydrogen (secondary N) is 1. The largest absolute Gasteiger partial charge is 0.377 e. The molecular formula is C17H22N6O2. The van der Waals surface area contributed by atoms with Crippen LogP contribution in [0.15, 0.2) is 24.7 Å². The summed E-state index contributed by atoms with van der Waals surface area (Å²) in [4.78, 5) is 29.9. The summed E-state index contributed by atoms with van der Waals surface area (Å²) in [6.45, 7) is 1.25. The lowest BCUT2D eigenvalue weighted by molar-refractivity contribution is 0.0942. The van der Waals surface area contributed by atoms with Crippen molar-refractivity contribution in [3.63, 3.8) is 0 Å². The van der Waals surface area contributed by atoms with Crippen molar-refractivity contribution in [1.82, 2.24) is 20.1 Å². The van der Waals surface area contributed by atoms with Crippen molar-refractivity contribution >= 4 is 17.5 Å². The van der Waals surface area contributed by atoms with E-state index in [1.54, 1.807) is 12.4 Å². The van der Waals surface area contributed by atoms with Crippen LogP contribution in [0.2, 0.25) is 0 Å². The van der Waals surface area contributed by atoms with Crippen LogP contribution in [0.5, 0.6) is 0 Å². The Kier molecular flexibility index (Phi) is 4.69. The molecular weight excluding hydrogens is 320 g/mol. The van der Waals surface area contributed by atoms with E-state index >= 15 is 0 Å². The number of nitrogens with two attached hydrogens (primary N) is 1. The van der Waals surface area contributed by atoms with Gasteiger partial charge >= 0.3 is 0 Å². The molecule has 0 fully saturated rings. The first-order valence-electron chi connectivity index (χ1n) is 8.21.